The highest BCUT2D eigenvalue weighted by molar-refractivity contribution is 8.00. The maximum absolute atomic E-state index is 4.09. The Morgan fingerprint density at radius 3 is 2.88 bits per heavy atom. The van der Waals surface area contributed by atoms with Gasteiger partial charge in [-0.05, 0) is 60.9 Å². The summed E-state index contributed by atoms with van der Waals surface area (Å²) in [4.78, 5) is 5.35. The molecular formula is C12H13N3S2. The van der Waals surface area contributed by atoms with Gasteiger partial charge in [0, 0.05) is 16.4 Å². The van der Waals surface area contributed by atoms with Crippen molar-refractivity contribution in [3.05, 3.63) is 35.7 Å². The van der Waals surface area contributed by atoms with Gasteiger partial charge < -0.3 is 4.72 Å². The molecule has 1 aliphatic rings. The number of rotatable bonds is 3. The summed E-state index contributed by atoms with van der Waals surface area (Å²) in [5.41, 5.74) is 3.04. The smallest absolute Gasteiger partial charge is 0.212 e. The number of nitrogens with zero attached hydrogens (tertiary/aromatic N) is 2. The van der Waals surface area contributed by atoms with Crippen LogP contribution in [0.5, 0.6) is 0 Å². The van der Waals surface area contributed by atoms with Crippen molar-refractivity contribution >= 4 is 28.6 Å². The first-order chi connectivity index (χ1) is 8.42. The van der Waals surface area contributed by atoms with Crippen molar-refractivity contribution in [3.8, 4) is 0 Å². The molecule has 0 saturated heterocycles. The van der Waals surface area contributed by atoms with Crippen LogP contribution in [0.3, 0.4) is 0 Å². The molecule has 0 amide bonds. The molecule has 0 saturated carbocycles. The Morgan fingerprint density at radius 2 is 2.06 bits per heavy atom. The molecule has 0 fully saturated rings. The van der Waals surface area contributed by atoms with Crippen molar-refractivity contribution in [1.29, 1.82) is 0 Å². The van der Waals surface area contributed by atoms with Crippen LogP contribution in [0.15, 0.2) is 29.4 Å². The number of nitrogens with one attached hydrogen (secondary N) is 1. The molecule has 0 unspecified atom stereocenters. The molecule has 5 heteroatoms. The Bertz CT molecular complexity index is 496. The fourth-order valence-electron chi connectivity index (χ4n) is 2.09. The fourth-order valence-corrected chi connectivity index (χ4v) is 3.25. The number of aryl methyl sites for hydroxylation is 2. The minimum absolute atomic E-state index is 0.854. The van der Waals surface area contributed by atoms with Gasteiger partial charge in [-0.1, -0.05) is 6.07 Å². The van der Waals surface area contributed by atoms with E-state index in [1.165, 1.54) is 53.2 Å². The van der Waals surface area contributed by atoms with E-state index in [0.717, 1.165) is 5.13 Å². The van der Waals surface area contributed by atoms with Gasteiger partial charge in [-0.25, -0.2) is 4.98 Å². The minimum atomic E-state index is 0.854. The summed E-state index contributed by atoms with van der Waals surface area (Å²) in [6.07, 6.45) is 6.69. The minimum Gasteiger partial charge on any atom is -0.300 e. The van der Waals surface area contributed by atoms with Gasteiger partial charge in [0.1, 0.15) is 6.33 Å². The highest BCUT2D eigenvalue weighted by atomic mass is 32.2. The zero-order chi connectivity index (χ0) is 11.5. The maximum atomic E-state index is 4.09. The van der Waals surface area contributed by atoms with Crippen LogP contribution in [0.25, 0.3) is 0 Å². The molecule has 0 bridgehead atoms. The standard InChI is InChI=1S/C12H13N3S2/c1-2-4-10-7-11(6-5-9(10)3-1)16-15-12-13-8-14-17-12/h5-8H,1-4H2,(H,13,14,15). The van der Waals surface area contributed by atoms with E-state index in [4.69, 9.17) is 0 Å². The first-order valence-corrected chi connectivity index (χ1v) is 7.32. The number of fused-ring (bicyclic) bond motifs is 1. The Hall–Kier alpha value is -1.07. The number of aromatic nitrogens is 2. The largest absolute Gasteiger partial charge is 0.300 e. The van der Waals surface area contributed by atoms with Crippen molar-refractivity contribution in [2.45, 2.75) is 30.6 Å². The molecule has 0 radical (unpaired) electrons. The summed E-state index contributed by atoms with van der Waals surface area (Å²) >= 11 is 2.99. The lowest BCUT2D eigenvalue weighted by Crippen LogP contribution is -2.02. The van der Waals surface area contributed by atoms with Crippen LogP contribution >= 0.6 is 23.5 Å². The fraction of sp³-hybridized carbons (Fsp3) is 0.333. The van der Waals surface area contributed by atoms with Crippen LogP contribution < -0.4 is 4.72 Å². The lowest BCUT2D eigenvalue weighted by atomic mass is 9.92. The van der Waals surface area contributed by atoms with Crippen LogP contribution in [0.2, 0.25) is 0 Å². The second-order valence-corrected chi connectivity index (χ2v) is 5.75. The molecule has 3 nitrogen and oxygen atoms in total. The first-order valence-electron chi connectivity index (χ1n) is 5.73. The Balaban J connectivity index is 1.71. The van der Waals surface area contributed by atoms with E-state index >= 15 is 0 Å². The molecule has 1 N–H and O–H groups in total. The summed E-state index contributed by atoms with van der Waals surface area (Å²) in [5, 5.41) is 0.854. The third-order valence-corrected chi connectivity index (χ3v) is 4.43. The van der Waals surface area contributed by atoms with E-state index in [9.17, 15) is 0 Å². The predicted molar refractivity (Wildman–Crippen MR) is 72.5 cm³/mol. The number of hydrogen-bond acceptors (Lipinski definition) is 5. The first kappa shape index (κ1) is 11.0. The molecule has 0 spiro atoms. The van der Waals surface area contributed by atoms with E-state index in [1.54, 1.807) is 18.3 Å². The van der Waals surface area contributed by atoms with Gasteiger partial charge in [-0.15, -0.1) is 0 Å². The van der Waals surface area contributed by atoms with Gasteiger partial charge >= 0.3 is 0 Å². The van der Waals surface area contributed by atoms with Crippen molar-refractivity contribution in [2.24, 2.45) is 0 Å². The average Bonchev–Trinajstić information content (AvgIpc) is 2.89. The molecule has 88 valence electrons. The van der Waals surface area contributed by atoms with Gasteiger partial charge in [-0.3, -0.25) is 0 Å². The van der Waals surface area contributed by atoms with Crippen LogP contribution in [0.1, 0.15) is 24.0 Å². The molecule has 0 aliphatic heterocycles. The van der Waals surface area contributed by atoms with Crippen LogP contribution in [0.4, 0.5) is 5.13 Å². The molecule has 3 rings (SSSR count). The van der Waals surface area contributed by atoms with Gasteiger partial charge in [0.15, 0.2) is 0 Å². The Labute approximate surface area is 109 Å². The van der Waals surface area contributed by atoms with Crippen molar-refractivity contribution in [3.63, 3.8) is 0 Å². The molecule has 1 heterocycles. The monoisotopic (exact) mass is 263 g/mol. The van der Waals surface area contributed by atoms with Gasteiger partial charge in [0.05, 0.1) is 0 Å². The quantitative estimate of drug-likeness (QED) is 0.860. The van der Waals surface area contributed by atoms with E-state index in [1.807, 2.05) is 0 Å². The van der Waals surface area contributed by atoms with Crippen molar-refractivity contribution in [1.82, 2.24) is 9.36 Å². The predicted octanol–water partition coefficient (Wildman–Crippen LogP) is 3.54. The van der Waals surface area contributed by atoms with Crippen molar-refractivity contribution < 1.29 is 0 Å². The summed E-state index contributed by atoms with van der Waals surface area (Å²) in [7, 11) is 0. The lowest BCUT2D eigenvalue weighted by molar-refractivity contribution is 0.684. The lowest BCUT2D eigenvalue weighted by Gasteiger charge is -2.16. The summed E-state index contributed by atoms with van der Waals surface area (Å²) in [6, 6.07) is 6.74. The Morgan fingerprint density at radius 1 is 1.18 bits per heavy atom. The van der Waals surface area contributed by atoms with Crippen LogP contribution in [-0.2, 0) is 12.8 Å². The molecule has 1 aliphatic carbocycles. The van der Waals surface area contributed by atoms with E-state index < -0.39 is 0 Å². The summed E-state index contributed by atoms with van der Waals surface area (Å²) in [5.74, 6) is 0. The molecule has 2 aromatic rings. The van der Waals surface area contributed by atoms with Gasteiger partial charge in [0.25, 0.3) is 0 Å². The number of anilines is 1. The van der Waals surface area contributed by atoms with E-state index in [2.05, 4.69) is 32.3 Å². The second-order valence-electron chi connectivity index (χ2n) is 4.09. The maximum Gasteiger partial charge on any atom is 0.212 e. The molecular weight excluding hydrogens is 250 g/mol. The number of benzene rings is 1. The van der Waals surface area contributed by atoms with Crippen molar-refractivity contribution in [2.75, 3.05) is 4.72 Å². The SMILES string of the molecule is c1nsc(NSc2ccc3c(c2)CCCC3)n1. The van der Waals surface area contributed by atoms with Gasteiger partial charge in [0.2, 0.25) is 5.13 Å². The Kier molecular flexibility index (Phi) is 3.29. The van der Waals surface area contributed by atoms with Crippen LogP contribution in [-0.4, -0.2) is 9.36 Å². The number of hydrogen-bond donors (Lipinski definition) is 1. The zero-order valence-corrected chi connectivity index (χ0v) is 11.0. The molecule has 1 aromatic carbocycles. The highest BCUT2D eigenvalue weighted by Gasteiger charge is 2.09. The second kappa shape index (κ2) is 5.06. The topological polar surface area (TPSA) is 37.8 Å². The van der Waals surface area contributed by atoms with E-state index in [0.29, 0.717) is 0 Å². The molecule has 0 atom stereocenters. The zero-order valence-electron chi connectivity index (χ0n) is 9.35. The highest BCUT2D eigenvalue weighted by Crippen LogP contribution is 2.27. The normalized spacial score (nSPS) is 14.4. The molecule has 17 heavy (non-hydrogen) atoms. The van der Waals surface area contributed by atoms with Gasteiger partial charge in [-0.2, -0.15) is 4.37 Å². The molecule has 1 aromatic heterocycles. The van der Waals surface area contributed by atoms with E-state index in [-0.39, 0.29) is 0 Å². The summed E-state index contributed by atoms with van der Waals surface area (Å²) in [6.45, 7) is 0. The summed E-state index contributed by atoms with van der Waals surface area (Å²) < 4.78 is 7.17. The third-order valence-electron chi connectivity index (χ3n) is 2.94. The average molecular weight is 263 g/mol. The third kappa shape index (κ3) is 2.61. The van der Waals surface area contributed by atoms with Crippen LogP contribution in [0, 0.1) is 0 Å².